The minimum absolute atomic E-state index is 0.833. The van der Waals surface area contributed by atoms with Gasteiger partial charge in [0, 0.05) is 0 Å². The minimum Gasteiger partial charge on any atom is -0.103 e. The molecule has 0 spiro atoms. The van der Waals surface area contributed by atoms with Crippen LogP contribution in [-0.2, 0) is 0 Å². The summed E-state index contributed by atoms with van der Waals surface area (Å²) >= 11 is 0. The Hall–Kier alpha value is -0.260. The van der Waals surface area contributed by atoms with E-state index in [0.717, 1.165) is 11.8 Å². The van der Waals surface area contributed by atoms with E-state index in [1.165, 1.54) is 12.8 Å². The summed E-state index contributed by atoms with van der Waals surface area (Å²) in [5.41, 5.74) is 0. The van der Waals surface area contributed by atoms with Crippen LogP contribution in [0.5, 0.6) is 0 Å². The van der Waals surface area contributed by atoms with Gasteiger partial charge in [-0.05, 0) is 18.8 Å². The van der Waals surface area contributed by atoms with Crippen LogP contribution in [0.4, 0.5) is 0 Å². The first-order valence-electron chi connectivity index (χ1n) is 8.40. The molecular formula is C19H48. The fourth-order valence-corrected chi connectivity index (χ4v) is 0. The van der Waals surface area contributed by atoms with E-state index >= 15 is 0 Å². The van der Waals surface area contributed by atoms with Crippen LogP contribution in [0, 0.1) is 11.8 Å². The molecule has 0 aliphatic heterocycles. The summed E-state index contributed by atoms with van der Waals surface area (Å²) < 4.78 is 0. The molecule has 0 atom stereocenters. The van der Waals surface area contributed by atoms with Gasteiger partial charge in [-0.25, -0.2) is 0 Å². The maximum Gasteiger partial charge on any atom is -0.0473 e. The van der Waals surface area contributed by atoms with Crippen molar-refractivity contribution in [3.63, 3.8) is 0 Å². The summed E-state index contributed by atoms with van der Waals surface area (Å²) in [5.74, 6) is 1.72. The van der Waals surface area contributed by atoms with Gasteiger partial charge in [0.2, 0.25) is 0 Å². The second-order valence-corrected chi connectivity index (χ2v) is 4.65. The van der Waals surface area contributed by atoms with Crippen LogP contribution >= 0.6 is 0 Å². The molecule has 0 N–H and O–H groups in total. The molecular weight excluding hydrogens is 228 g/mol. The average molecular weight is 277 g/mol. The topological polar surface area (TPSA) is 0 Å². The van der Waals surface area contributed by atoms with E-state index in [9.17, 15) is 0 Å². The van der Waals surface area contributed by atoms with Gasteiger partial charge in [-0.15, -0.1) is 6.58 Å². The molecule has 0 aliphatic rings. The molecule has 0 amide bonds. The maximum absolute atomic E-state index is 3.36. The second-order valence-electron chi connectivity index (χ2n) is 4.65. The first-order valence-corrected chi connectivity index (χ1v) is 8.40. The van der Waals surface area contributed by atoms with Crippen LogP contribution in [0.1, 0.15) is 103 Å². The summed E-state index contributed by atoms with van der Waals surface area (Å²) in [7, 11) is 0. The Morgan fingerprint density at radius 3 is 0.842 bits per heavy atom. The molecule has 0 saturated heterocycles. The van der Waals surface area contributed by atoms with Crippen molar-refractivity contribution in [2.45, 2.75) is 103 Å². The molecule has 124 valence electrons. The normalized spacial score (nSPS) is 6.68. The van der Waals surface area contributed by atoms with Crippen LogP contribution in [0.15, 0.2) is 12.7 Å². The Bertz CT molecular complexity index is 67.4. The van der Waals surface area contributed by atoms with Crippen molar-refractivity contribution in [3.8, 4) is 0 Å². The first-order chi connectivity index (χ1) is 8.83. The third-order valence-electron chi connectivity index (χ3n) is 0.816. The summed E-state index contributed by atoms with van der Waals surface area (Å²) in [6.45, 7) is 30.6. The molecule has 0 heterocycles. The Morgan fingerprint density at radius 2 is 0.842 bits per heavy atom. The van der Waals surface area contributed by atoms with Crippen LogP contribution in [0.3, 0.4) is 0 Å². The van der Waals surface area contributed by atoms with Gasteiger partial charge in [0.15, 0.2) is 0 Å². The lowest BCUT2D eigenvalue weighted by Crippen LogP contribution is -1.77. The predicted octanol–water partition coefficient (Wildman–Crippen LogP) is 8.38. The van der Waals surface area contributed by atoms with Gasteiger partial charge in [0.05, 0.1) is 0 Å². The van der Waals surface area contributed by atoms with Crippen LogP contribution in [0.2, 0.25) is 0 Å². The van der Waals surface area contributed by atoms with Gasteiger partial charge in [-0.3, -0.25) is 0 Å². The lowest BCUT2D eigenvalue weighted by atomic mass is 10.2. The first kappa shape index (κ1) is 36.3. The van der Waals surface area contributed by atoms with Crippen molar-refractivity contribution < 1.29 is 0 Å². The van der Waals surface area contributed by atoms with E-state index in [4.69, 9.17) is 0 Å². The standard InChI is InChI=1S/C5H12.C4H10.C3H8.C3H6.2C2H6/c1-4-5(2)3;1-4(2)3;2*1-3-2;2*1-2/h5H,4H2,1-3H3;4H,1-3H3;3H2,1-2H3;3H,1H2,2H3;2*1-2H3. The van der Waals surface area contributed by atoms with Gasteiger partial charge in [-0.1, -0.05) is 102 Å². The number of rotatable bonds is 1. The molecule has 0 radical (unpaired) electrons. The second kappa shape index (κ2) is 65.1. The van der Waals surface area contributed by atoms with E-state index < -0.39 is 0 Å². The van der Waals surface area contributed by atoms with Gasteiger partial charge < -0.3 is 0 Å². The zero-order valence-electron chi connectivity index (χ0n) is 16.9. The molecule has 0 aromatic carbocycles. The number of hydrogen-bond donors (Lipinski definition) is 0. The quantitative estimate of drug-likeness (QED) is 0.422. The summed E-state index contributed by atoms with van der Waals surface area (Å²) in [4.78, 5) is 0. The molecule has 0 rings (SSSR count). The van der Waals surface area contributed by atoms with Crippen LogP contribution in [0.25, 0.3) is 0 Å². The third kappa shape index (κ3) is 1450. The van der Waals surface area contributed by atoms with Crippen LogP contribution in [-0.4, -0.2) is 0 Å². The van der Waals surface area contributed by atoms with Crippen LogP contribution < -0.4 is 0 Å². The summed E-state index contributed by atoms with van der Waals surface area (Å²) in [5, 5.41) is 0. The van der Waals surface area contributed by atoms with Crippen molar-refractivity contribution in [2.75, 3.05) is 0 Å². The Morgan fingerprint density at radius 1 is 0.789 bits per heavy atom. The van der Waals surface area contributed by atoms with Gasteiger partial charge in [0.1, 0.15) is 0 Å². The molecule has 0 aliphatic carbocycles. The predicted molar refractivity (Wildman–Crippen MR) is 100 cm³/mol. The molecule has 0 heteroatoms. The Balaban J connectivity index is -0.0000000277. The molecule has 0 aromatic heterocycles. The number of allylic oxidation sites excluding steroid dienone is 1. The van der Waals surface area contributed by atoms with Crippen molar-refractivity contribution in [3.05, 3.63) is 12.7 Å². The van der Waals surface area contributed by atoms with Crippen molar-refractivity contribution in [1.82, 2.24) is 0 Å². The SMILES string of the molecule is C=CC.CC.CC.CC(C)C.CCC.CCC(C)C. The summed E-state index contributed by atoms with van der Waals surface area (Å²) in [6.07, 6.45) is 4.31. The highest BCUT2D eigenvalue weighted by Crippen LogP contribution is 1.93. The Labute approximate surface area is 128 Å². The monoisotopic (exact) mass is 276 g/mol. The van der Waals surface area contributed by atoms with E-state index in [1.807, 2.05) is 34.6 Å². The minimum atomic E-state index is 0.833. The van der Waals surface area contributed by atoms with E-state index in [-0.39, 0.29) is 0 Å². The molecule has 19 heavy (non-hydrogen) atoms. The van der Waals surface area contributed by atoms with Crippen molar-refractivity contribution >= 4 is 0 Å². The van der Waals surface area contributed by atoms with Gasteiger partial charge >= 0.3 is 0 Å². The van der Waals surface area contributed by atoms with Crippen molar-refractivity contribution in [1.29, 1.82) is 0 Å². The van der Waals surface area contributed by atoms with E-state index in [2.05, 4.69) is 62.0 Å². The lowest BCUT2D eigenvalue weighted by Gasteiger charge is -1.90. The van der Waals surface area contributed by atoms with Gasteiger partial charge in [-0.2, -0.15) is 0 Å². The molecule has 0 fully saturated rings. The molecule has 0 unspecified atom stereocenters. The molecule has 0 nitrogen and oxygen atoms in total. The van der Waals surface area contributed by atoms with Crippen molar-refractivity contribution in [2.24, 2.45) is 11.8 Å². The Kier molecular flexibility index (Phi) is 124. The van der Waals surface area contributed by atoms with E-state index in [1.54, 1.807) is 6.08 Å². The number of hydrogen-bond acceptors (Lipinski definition) is 0. The fourth-order valence-electron chi connectivity index (χ4n) is 0. The molecule has 0 aromatic rings. The smallest absolute Gasteiger partial charge is 0.0473 e. The van der Waals surface area contributed by atoms with E-state index in [0.29, 0.717) is 0 Å². The fraction of sp³-hybridized carbons (Fsp3) is 0.895. The summed E-state index contributed by atoms with van der Waals surface area (Å²) in [6, 6.07) is 0. The zero-order chi connectivity index (χ0) is 17.3. The largest absolute Gasteiger partial charge is 0.103 e. The molecule has 0 saturated carbocycles. The third-order valence-corrected chi connectivity index (χ3v) is 0.816. The maximum atomic E-state index is 3.36. The average Bonchev–Trinajstić information content (AvgIpc) is 2.35. The zero-order valence-corrected chi connectivity index (χ0v) is 16.9. The highest BCUT2D eigenvalue weighted by atomic mass is 13.9. The molecule has 0 bridgehead atoms. The highest BCUT2D eigenvalue weighted by molar-refractivity contribution is 4.51. The lowest BCUT2D eigenvalue weighted by molar-refractivity contribution is 0.626. The van der Waals surface area contributed by atoms with Gasteiger partial charge in [0.25, 0.3) is 0 Å². The highest BCUT2D eigenvalue weighted by Gasteiger charge is 1.80.